The van der Waals surface area contributed by atoms with Crippen molar-refractivity contribution in [3.8, 4) is 0 Å². The van der Waals surface area contributed by atoms with Crippen molar-refractivity contribution in [3.05, 3.63) is 22.5 Å². The van der Waals surface area contributed by atoms with Gasteiger partial charge in [-0.2, -0.15) is 5.10 Å². The average molecular weight is 226 g/mol. The first-order valence-corrected chi connectivity index (χ1v) is 5.26. The summed E-state index contributed by atoms with van der Waals surface area (Å²) in [5, 5.41) is 17.6. The van der Waals surface area contributed by atoms with E-state index in [1.165, 1.54) is 12.4 Å². The summed E-state index contributed by atoms with van der Waals surface area (Å²) in [5.74, 6) is 0. The van der Waals surface area contributed by atoms with Gasteiger partial charge >= 0.3 is 5.69 Å². The van der Waals surface area contributed by atoms with Gasteiger partial charge in [0.05, 0.1) is 11.5 Å². The maximum atomic E-state index is 10.4. The summed E-state index contributed by atoms with van der Waals surface area (Å²) in [7, 11) is 0. The van der Waals surface area contributed by atoms with Crippen LogP contribution in [0.15, 0.2) is 12.4 Å². The highest BCUT2D eigenvalue weighted by molar-refractivity contribution is 5.20. The highest BCUT2D eigenvalue weighted by Gasteiger charge is 2.10. The number of nitrogens with zero attached hydrogens (tertiary/aromatic N) is 3. The molecule has 0 saturated carbocycles. The fraction of sp³-hybridized carbons (Fsp3) is 0.700. The lowest BCUT2D eigenvalue weighted by atomic mass is 9.97. The molecule has 6 nitrogen and oxygen atoms in total. The average Bonchev–Trinajstić information content (AvgIpc) is 2.59. The molecule has 1 N–H and O–H groups in total. The Morgan fingerprint density at radius 2 is 2.25 bits per heavy atom. The fourth-order valence-electron chi connectivity index (χ4n) is 1.23. The van der Waals surface area contributed by atoms with Crippen LogP contribution in [-0.2, 0) is 6.54 Å². The van der Waals surface area contributed by atoms with Crippen LogP contribution in [0, 0.1) is 15.5 Å². The molecule has 90 valence electrons. The molecule has 1 aromatic heterocycles. The molecule has 0 amide bonds. The number of nitrogens with one attached hydrogen (secondary N) is 1. The van der Waals surface area contributed by atoms with Gasteiger partial charge in [0.1, 0.15) is 12.4 Å². The quantitative estimate of drug-likeness (QED) is 0.468. The number of aromatic nitrogens is 2. The molecular weight excluding hydrogens is 208 g/mol. The zero-order chi connectivity index (χ0) is 12.2. The molecule has 0 saturated heterocycles. The van der Waals surface area contributed by atoms with Crippen LogP contribution < -0.4 is 5.32 Å². The van der Waals surface area contributed by atoms with Gasteiger partial charge in [-0.1, -0.05) is 20.8 Å². The van der Waals surface area contributed by atoms with Gasteiger partial charge in [-0.05, 0) is 5.41 Å². The van der Waals surface area contributed by atoms with E-state index in [4.69, 9.17) is 0 Å². The standard InChI is InChI=1S/C10H18N4O2/c1-10(2,3)8-11-4-5-13-7-9(6-12-13)14(15)16/h6-7,11H,4-5,8H2,1-3H3. The molecule has 6 heteroatoms. The smallest absolute Gasteiger partial charge is 0.306 e. The Morgan fingerprint density at radius 1 is 1.56 bits per heavy atom. The lowest BCUT2D eigenvalue weighted by Crippen LogP contribution is -2.29. The van der Waals surface area contributed by atoms with E-state index < -0.39 is 4.92 Å². The van der Waals surface area contributed by atoms with E-state index in [0.717, 1.165) is 13.1 Å². The van der Waals surface area contributed by atoms with Crippen molar-refractivity contribution in [2.75, 3.05) is 13.1 Å². The minimum atomic E-state index is -0.438. The summed E-state index contributed by atoms with van der Waals surface area (Å²) in [6.07, 6.45) is 2.71. The minimum Gasteiger partial charge on any atom is -0.314 e. The summed E-state index contributed by atoms with van der Waals surface area (Å²) in [6.45, 7) is 8.77. The van der Waals surface area contributed by atoms with E-state index in [1.54, 1.807) is 4.68 Å². The molecule has 0 aliphatic carbocycles. The van der Waals surface area contributed by atoms with Crippen LogP contribution in [-0.4, -0.2) is 27.8 Å². The molecule has 0 fully saturated rings. The second kappa shape index (κ2) is 5.07. The second-order valence-electron chi connectivity index (χ2n) is 4.96. The van der Waals surface area contributed by atoms with Crippen LogP contribution in [0.5, 0.6) is 0 Å². The Hall–Kier alpha value is -1.43. The summed E-state index contributed by atoms with van der Waals surface area (Å²) in [5.41, 5.74) is 0.284. The number of nitro groups is 1. The van der Waals surface area contributed by atoms with E-state index in [2.05, 4.69) is 31.2 Å². The fourth-order valence-corrected chi connectivity index (χ4v) is 1.23. The summed E-state index contributed by atoms with van der Waals surface area (Å²) < 4.78 is 1.58. The third-order valence-corrected chi connectivity index (χ3v) is 2.00. The first-order chi connectivity index (χ1) is 7.38. The Balaban J connectivity index is 2.30. The second-order valence-corrected chi connectivity index (χ2v) is 4.96. The summed E-state index contributed by atoms with van der Waals surface area (Å²) in [6, 6.07) is 0. The van der Waals surface area contributed by atoms with Crippen LogP contribution in [0.3, 0.4) is 0 Å². The van der Waals surface area contributed by atoms with Crippen molar-refractivity contribution in [3.63, 3.8) is 0 Å². The maximum absolute atomic E-state index is 10.4. The molecule has 0 spiro atoms. The van der Waals surface area contributed by atoms with E-state index >= 15 is 0 Å². The Bertz CT molecular complexity index is 354. The molecule has 0 aromatic carbocycles. The Kier molecular flexibility index (Phi) is 4.00. The molecule has 0 atom stereocenters. The predicted octanol–water partition coefficient (Wildman–Crippen LogP) is 1.43. The largest absolute Gasteiger partial charge is 0.314 e. The number of hydrogen-bond acceptors (Lipinski definition) is 4. The van der Waals surface area contributed by atoms with E-state index in [9.17, 15) is 10.1 Å². The third-order valence-electron chi connectivity index (χ3n) is 2.00. The highest BCUT2D eigenvalue weighted by Crippen LogP contribution is 2.10. The topological polar surface area (TPSA) is 73.0 Å². The summed E-state index contributed by atoms with van der Waals surface area (Å²) >= 11 is 0. The maximum Gasteiger partial charge on any atom is 0.306 e. The molecule has 0 bridgehead atoms. The third kappa shape index (κ3) is 4.39. The van der Waals surface area contributed by atoms with Crippen molar-refractivity contribution in [2.24, 2.45) is 5.41 Å². The normalized spacial score (nSPS) is 11.7. The zero-order valence-electron chi connectivity index (χ0n) is 9.93. The van der Waals surface area contributed by atoms with Crippen LogP contribution >= 0.6 is 0 Å². The lowest BCUT2D eigenvalue weighted by molar-refractivity contribution is -0.385. The van der Waals surface area contributed by atoms with Crippen molar-refractivity contribution in [1.82, 2.24) is 15.1 Å². The van der Waals surface area contributed by atoms with Gasteiger partial charge in [0, 0.05) is 13.1 Å². The van der Waals surface area contributed by atoms with Crippen molar-refractivity contribution in [1.29, 1.82) is 0 Å². The van der Waals surface area contributed by atoms with Crippen LogP contribution in [0.2, 0.25) is 0 Å². The SMILES string of the molecule is CC(C)(C)CNCCn1cc([N+](=O)[O-])cn1. The van der Waals surface area contributed by atoms with Gasteiger partial charge in [0.2, 0.25) is 0 Å². The van der Waals surface area contributed by atoms with Gasteiger partial charge in [-0.15, -0.1) is 0 Å². The van der Waals surface area contributed by atoms with Crippen LogP contribution in [0.1, 0.15) is 20.8 Å². The first kappa shape index (κ1) is 12.6. The Morgan fingerprint density at radius 3 is 2.75 bits per heavy atom. The zero-order valence-corrected chi connectivity index (χ0v) is 9.93. The van der Waals surface area contributed by atoms with Gasteiger partial charge in [0.25, 0.3) is 0 Å². The first-order valence-electron chi connectivity index (χ1n) is 5.26. The van der Waals surface area contributed by atoms with E-state index in [0.29, 0.717) is 6.54 Å². The van der Waals surface area contributed by atoms with Crippen molar-refractivity contribution in [2.45, 2.75) is 27.3 Å². The molecule has 0 unspecified atom stereocenters. The molecule has 0 radical (unpaired) electrons. The molecule has 1 aromatic rings. The van der Waals surface area contributed by atoms with Gasteiger partial charge in [0.15, 0.2) is 0 Å². The summed E-state index contributed by atoms with van der Waals surface area (Å²) in [4.78, 5) is 9.97. The molecule has 1 heterocycles. The van der Waals surface area contributed by atoms with Gasteiger partial charge < -0.3 is 5.32 Å². The molecule has 0 aliphatic heterocycles. The van der Waals surface area contributed by atoms with Crippen molar-refractivity contribution < 1.29 is 4.92 Å². The van der Waals surface area contributed by atoms with Gasteiger partial charge in [-0.25, -0.2) is 0 Å². The lowest BCUT2D eigenvalue weighted by Gasteiger charge is -2.18. The number of rotatable bonds is 5. The van der Waals surface area contributed by atoms with E-state index in [-0.39, 0.29) is 11.1 Å². The van der Waals surface area contributed by atoms with Crippen molar-refractivity contribution >= 4 is 5.69 Å². The minimum absolute atomic E-state index is 0.0378. The molecule has 0 aliphatic rings. The number of hydrogen-bond donors (Lipinski definition) is 1. The molecule has 16 heavy (non-hydrogen) atoms. The van der Waals surface area contributed by atoms with Crippen LogP contribution in [0.4, 0.5) is 5.69 Å². The van der Waals surface area contributed by atoms with Crippen LogP contribution in [0.25, 0.3) is 0 Å². The van der Waals surface area contributed by atoms with Gasteiger partial charge in [-0.3, -0.25) is 14.8 Å². The highest BCUT2D eigenvalue weighted by atomic mass is 16.6. The van der Waals surface area contributed by atoms with E-state index in [1.807, 2.05) is 0 Å². The predicted molar refractivity (Wildman–Crippen MR) is 61.2 cm³/mol. The Labute approximate surface area is 94.8 Å². The monoisotopic (exact) mass is 226 g/mol. The molecule has 1 rings (SSSR count). The molecular formula is C10H18N4O2.